The van der Waals surface area contributed by atoms with Gasteiger partial charge in [0.05, 0.1) is 16.7 Å². The largest absolute Gasteiger partial charge is 0.489 e. The molecule has 0 radical (unpaired) electrons. The number of hydrogen-bond acceptors (Lipinski definition) is 4. The Balaban J connectivity index is 1.37. The van der Waals surface area contributed by atoms with Gasteiger partial charge in [0.15, 0.2) is 0 Å². The van der Waals surface area contributed by atoms with Crippen LogP contribution < -0.4 is 15.8 Å². The fourth-order valence-electron chi connectivity index (χ4n) is 3.99. The van der Waals surface area contributed by atoms with Crippen LogP contribution in [0.4, 0.5) is 0 Å². The minimum atomic E-state index is -0.160. The summed E-state index contributed by atoms with van der Waals surface area (Å²) in [5.41, 5.74) is 6.83. The Morgan fingerprint density at radius 3 is 2.96 bits per heavy atom. The first-order valence-corrected chi connectivity index (χ1v) is 8.55. The quantitative estimate of drug-likeness (QED) is 0.868. The molecule has 2 aliphatic heterocycles. The summed E-state index contributed by atoms with van der Waals surface area (Å²) in [6.45, 7) is 1.14. The predicted molar refractivity (Wildman–Crippen MR) is 86.4 cm³/mol. The number of rotatable bonds is 2. The Labute approximate surface area is 140 Å². The van der Waals surface area contributed by atoms with Crippen molar-refractivity contribution < 1.29 is 14.3 Å². The van der Waals surface area contributed by atoms with Crippen LogP contribution in [0.3, 0.4) is 0 Å². The van der Waals surface area contributed by atoms with Crippen molar-refractivity contribution in [2.75, 3.05) is 13.2 Å². The summed E-state index contributed by atoms with van der Waals surface area (Å²) in [7, 11) is 0. The molecule has 1 spiro atoms. The van der Waals surface area contributed by atoms with Gasteiger partial charge in [-0.3, -0.25) is 4.79 Å². The van der Waals surface area contributed by atoms with Gasteiger partial charge in [0.1, 0.15) is 12.4 Å². The first kappa shape index (κ1) is 15.2. The number of nitrogens with two attached hydrogens (primary N) is 1. The normalized spacial score (nSPS) is 35.3. The summed E-state index contributed by atoms with van der Waals surface area (Å²) < 4.78 is 11.5. The Kier molecular flexibility index (Phi) is 3.75. The SMILES string of the molecule is NC1CCOC2(C1)CC(C(=O)NC1COc3c(Cl)cccc31)C2. The monoisotopic (exact) mass is 336 g/mol. The Morgan fingerprint density at radius 1 is 1.35 bits per heavy atom. The average molecular weight is 337 g/mol. The molecule has 5 nitrogen and oxygen atoms in total. The van der Waals surface area contributed by atoms with E-state index in [4.69, 9.17) is 26.8 Å². The van der Waals surface area contributed by atoms with Crippen LogP contribution in [-0.4, -0.2) is 30.8 Å². The maximum atomic E-state index is 12.5. The van der Waals surface area contributed by atoms with Crippen LogP contribution >= 0.6 is 11.6 Å². The van der Waals surface area contributed by atoms with Crippen LogP contribution in [0.1, 0.15) is 37.3 Å². The fraction of sp³-hybridized carbons (Fsp3) is 0.588. The van der Waals surface area contributed by atoms with E-state index in [2.05, 4.69) is 5.32 Å². The highest BCUT2D eigenvalue weighted by Gasteiger charge is 2.50. The third-order valence-electron chi connectivity index (χ3n) is 5.22. The third-order valence-corrected chi connectivity index (χ3v) is 5.52. The van der Waals surface area contributed by atoms with Crippen molar-refractivity contribution in [1.82, 2.24) is 5.32 Å². The second kappa shape index (κ2) is 5.65. The molecule has 6 heteroatoms. The molecule has 124 valence electrons. The maximum absolute atomic E-state index is 12.5. The standard InChI is InChI=1S/C17H21ClN2O3/c18-13-3-1-2-12-14(9-22-15(12)13)20-16(21)10-6-17(7-10)8-11(19)4-5-23-17/h1-3,10-11,14H,4-9,19H2,(H,20,21). The molecule has 1 aliphatic carbocycles. The first-order chi connectivity index (χ1) is 11.1. The maximum Gasteiger partial charge on any atom is 0.223 e. The van der Waals surface area contributed by atoms with Gasteiger partial charge in [0.2, 0.25) is 5.91 Å². The van der Waals surface area contributed by atoms with Crippen LogP contribution in [-0.2, 0) is 9.53 Å². The molecule has 0 bridgehead atoms. The zero-order valence-electron chi connectivity index (χ0n) is 12.9. The van der Waals surface area contributed by atoms with E-state index in [-0.39, 0.29) is 29.5 Å². The molecule has 1 aromatic carbocycles. The highest BCUT2D eigenvalue weighted by Crippen LogP contribution is 2.47. The van der Waals surface area contributed by atoms with Gasteiger partial charge in [-0.2, -0.15) is 0 Å². The molecule has 23 heavy (non-hydrogen) atoms. The molecule has 2 heterocycles. The van der Waals surface area contributed by atoms with E-state index in [1.165, 1.54) is 0 Å². The topological polar surface area (TPSA) is 73.6 Å². The van der Waals surface area contributed by atoms with E-state index in [0.717, 1.165) is 31.2 Å². The predicted octanol–water partition coefficient (Wildman–Crippen LogP) is 2.18. The lowest BCUT2D eigenvalue weighted by Crippen LogP contribution is -2.56. The van der Waals surface area contributed by atoms with Crippen molar-refractivity contribution in [1.29, 1.82) is 0 Å². The van der Waals surface area contributed by atoms with Crippen molar-refractivity contribution in [3.63, 3.8) is 0 Å². The molecule has 0 aromatic heterocycles. The van der Waals surface area contributed by atoms with Crippen LogP contribution in [0.25, 0.3) is 0 Å². The number of amides is 1. The van der Waals surface area contributed by atoms with E-state index < -0.39 is 0 Å². The Hall–Kier alpha value is -1.30. The van der Waals surface area contributed by atoms with Gasteiger partial charge in [-0.1, -0.05) is 23.7 Å². The lowest BCUT2D eigenvalue weighted by molar-refractivity contribution is -0.170. The minimum Gasteiger partial charge on any atom is -0.489 e. The minimum absolute atomic E-state index is 0.00327. The summed E-state index contributed by atoms with van der Waals surface area (Å²) in [4.78, 5) is 12.5. The van der Waals surface area contributed by atoms with Crippen molar-refractivity contribution in [2.24, 2.45) is 11.7 Å². The molecule has 2 fully saturated rings. The second-order valence-corrected chi connectivity index (χ2v) is 7.33. The number of para-hydroxylation sites is 1. The number of hydrogen-bond donors (Lipinski definition) is 2. The molecular weight excluding hydrogens is 316 g/mol. The zero-order valence-corrected chi connectivity index (χ0v) is 13.6. The summed E-state index contributed by atoms with van der Waals surface area (Å²) in [5.74, 6) is 0.759. The van der Waals surface area contributed by atoms with E-state index in [1.807, 2.05) is 12.1 Å². The molecule has 3 N–H and O–H groups in total. The molecule has 1 aromatic rings. The van der Waals surface area contributed by atoms with Crippen LogP contribution in [0.2, 0.25) is 5.02 Å². The van der Waals surface area contributed by atoms with Gasteiger partial charge in [-0.05, 0) is 31.7 Å². The molecule has 4 rings (SSSR count). The smallest absolute Gasteiger partial charge is 0.223 e. The highest BCUT2D eigenvalue weighted by atomic mass is 35.5. The molecule has 1 saturated heterocycles. The number of carbonyl (C=O) groups excluding carboxylic acids is 1. The number of halogens is 1. The van der Waals surface area contributed by atoms with Crippen LogP contribution in [0, 0.1) is 5.92 Å². The van der Waals surface area contributed by atoms with E-state index in [0.29, 0.717) is 24.0 Å². The molecule has 2 atom stereocenters. The molecular formula is C17H21ClN2O3. The number of fused-ring (bicyclic) bond motifs is 1. The zero-order chi connectivity index (χ0) is 16.0. The number of nitrogens with one attached hydrogen (secondary N) is 1. The number of ether oxygens (including phenoxy) is 2. The summed E-state index contributed by atoms with van der Waals surface area (Å²) >= 11 is 6.12. The first-order valence-electron chi connectivity index (χ1n) is 8.17. The summed E-state index contributed by atoms with van der Waals surface area (Å²) in [5, 5.41) is 3.68. The van der Waals surface area contributed by atoms with Crippen molar-refractivity contribution >= 4 is 17.5 Å². The lowest BCUT2D eigenvalue weighted by atomic mass is 9.66. The summed E-state index contributed by atoms with van der Waals surface area (Å²) in [6.07, 6.45) is 3.31. The number of carbonyl (C=O) groups is 1. The third kappa shape index (κ3) is 2.71. The summed E-state index contributed by atoms with van der Waals surface area (Å²) in [6, 6.07) is 5.70. The molecule has 2 unspecified atom stereocenters. The second-order valence-electron chi connectivity index (χ2n) is 6.92. The van der Waals surface area contributed by atoms with E-state index in [1.54, 1.807) is 6.07 Å². The van der Waals surface area contributed by atoms with Gasteiger partial charge in [-0.15, -0.1) is 0 Å². The van der Waals surface area contributed by atoms with Gasteiger partial charge < -0.3 is 20.5 Å². The molecule has 1 saturated carbocycles. The van der Waals surface area contributed by atoms with Crippen molar-refractivity contribution in [3.8, 4) is 5.75 Å². The van der Waals surface area contributed by atoms with Crippen molar-refractivity contribution in [3.05, 3.63) is 28.8 Å². The van der Waals surface area contributed by atoms with Crippen LogP contribution in [0.15, 0.2) is 18.2 Å². The highest BCUT2D eigenvalue weighted by molar-refractivity contribution is 6.32. The molecule has 1 amide bonds. The van der Waals surface area contributed by atoms with Crippen LogP contribution in [0.5, 0.6) is 5.75 Å². The van der Waals surface area contributed by atoms with Gasteiger partial charge in [-0.25, -0.2) is 0 Å². The average Bonchev–Trinajstić information content (AvgIpc) is 2.89. The fourth-order valence-corrected chi connectivity index (χ4v) is 4.23. The Morgan fingerprint density at radius 2 is 2.17 bits per heavy atom. The van der Waals surface area contributed by atoms with Crippen molar-refractivity contribution in [2.45, 2.75) is 43.4 Å². The van der Waals surface area contributed by atoms with E-state index in [9.17, 15) is 4.79 Å². The number of benzene rings is 1. The lowest BCUT2D eigenvalue weighted by Gasteiger charge is -2.50. The van der Waals surface area contributed by atoms with Gasteiger partial charge in [0.25, 0.3) is 0 Å². The Bertz CT molecular complexity index is 630. The molecule has 3 aliphatic rings. The van der Waals surface area contributed by atoms with Gasteiger partial charge >= 0.3 is 0 Å². The van der Waals surface area contributed by atoms with Gasteiger partial charge in [0, 0.05) is 24.1 Å². The van der Waals surface area contributed by atoms with E-state index >= 15 is 0 Å².